The van der Waals surface area contributed by atoms with E-state index in [4.69, 9.17) is 0 Å². The number of aliphatic hydroxyl groups excluding tert-OH is 1. The van der Waals surface area contributed by atoms with Gasteiger partial charge >= 0.3 is 0 Å². The summed E-state index contributed by atoms with van der Waals surface area (Å²) in [5.74, 6) is -1.44. The number of nitrogens with zero attached hydrogens (tertiary/aromatic N) is 3. The van der Waals surface area contributed by atoms with E-state index in [2.05, 4.69) is 26.0 Å². The zero-order valence-electron chi connectivity index (χ0n) is 21.0. The minimum atomic E-state index is -0.806. The number of benzene rings is 1. The van der Waals surface area contributed by atoms with Crippen molar-refractivity contribution in [3.8, 4) is 0 Å². The van der Waals surface area contributed by atoms with E-state index in [1.54, 1.807) is 21.6 Å². The first-order chi connectivity index (χ1) is 17.4. The van der Waals surface area contributed by atoms with Crippen molar-refractivity contribution in [2.75, 3.05) is 31.1 Å². The molecule has 2 unspecified atom stereocenters. The zero-order valence-corrected chi connectivity index (χ0v) is 21.8. The third-order valence-electron chi connectivity index (χ3n) is 8.05. The van der Waals surface area contributed by atoms with Crippen LogP contribution < -0.4 is 4.90 Å². The minimum Gasteiger partial charge on any atom is -0.396 e. The summed E-state index contributed by atoms with van der Waals surface area (Å²) >= 11 is 1.60. The molecule has 7 nitrogen and oxygen atoms in total. The minimum absolute atomic E-state index is 0.0463. The number of thioether (sulfide) groups is 1. The summed E-state index contributed by atoms with van der Waals surface area (Å²) in [6.45, 7) is 5.38. The number of rotatable bonds is 7. The third kappa shape index (κ3) is 3.89. The molecule has 1 spiro atoms. The number of aliphatic hydroxyl groups is 1. The summed E-state index contributed by atoms with van der Waals surface area (Å²) < 4.78 is -0.806. The fraction of sp³-hybridized carbons (Fsp3) is 0.536. The van der Waals surface area contributed by atoms with Gasteiger partial charge in [-0.2, -0.15) is 0 Å². The van der Waals surface area contributed by atoms with Crippen molar-refractivity contribution < 1.29 is 19.5 Å². The predicted molar refractivity (Wildman–Crippen MR) is 141 cm³/mol. The quantitative estimate of drug-likeness (QED) is 0.572. The lowest BCUT2D eigenvalue weighted by atomic mass is 9.78. The molecule has 2 fully saturated rings. The smallest absolute Gasteiger partial charge is 0.247 e. The van der Waals surface area contributed by atoms with Crippen LogP contribution in [-0.2, 0) is 14.4 Å². The standard InChI is InChI=1S/C28H35N3O4S/c1-3-10-19(2)29-16-8-14-28-23(26(34)31(17-9-18-32)24(28)27(29)35)22-21(36-28)13-7-15-30(25(22)33)20-11-5-4-6-12-20/h4-8,11-14,19,21-24,32H,3,9-10,15-18H2,1-2H3/t19?,21-,22+,23+,24?,28+/m1/s1. The summed E-state index contributed by atoms with van der Waals surface area (Å²) in [6, 6.07) is 8.95. The third-order valence-corrected chi connectivity index (χ3v) is 9.80. The Kier molecular flexibility index (Phi) is 7.01. The van der Waals surface area contributed by atoms with Crippen LogP contribution in [0.1, 0.15) is 33.1 Å². The van der Waals surface area contributed by atoms with Crippen molar-refractivity contribution in [3.05, 3.63) is 54.6 Å². The predicted octanol–water partition coefficient (Wildman–Crippen LogP) is 2.86. The van der Waals surface area contributed by atoms with E-state index in [1.807, 2.05) is 47.4 Å². The van der Waals surface area contributed by atoms with Gasteiger partial charge in [0.05, 0.1) is 16.6 Å². The monoisotopic (exact) mass is 509 g/mol. The van der Waals surface area contributed by atoms with E-state index in [0.29, 0.717) is 26.1 Å². The second-order valence-corrected chi connectivity index (χ2v) is 11.7. The molecule has 0 aliphatic carbocycles. The molecule has 0 radical (unpaired) electrons. The van der Waals surface area contributed by atoms with Crippen LogP contribution in [0.2, 0.25) is 0 Å². The van der Waals surface area contributed by atoms with E-state index in [9.17, 15) is 19.5 Å². The number of fused-ring (bicyclic) bond motifs is 2. The van der Waals surface area contributed by atoms with Gasteiger partial charge in [0.2, 0.25) is 17.7 Å². The van der Waals surface area contributed by atoms with Crippen molar-refractivity contribution in [2.24, 2.45) is 11.8 Å². The molecule has 1 N–H and O–H groups in total. The molecule has 4 aliphatic rings. The first-order valence-corrected chi connectivity index (χ1v) is 13.9. The largest absolute Gasteiger partial charge is 0.396 e. The van der Waals surface area contributed by atoms with Crippen LogP contribution in [0.15, 0.2) is 54.6 Å². The van der Waals surface area contributed by atoms with Gasteiger partial charge in [-0.3, -0.25) is 14.4 Å². The maximum absolute atomic E-state index is 14.1. The molecule has 36 heavy (non-hydrogen) atoms. The molecule has 2 saturated heterocycles. The summed E-state index contributed by atoms with van der Waals surface area (Å²) in [5, 5.41) is 9.37. The number of hydrogen-bond donors (Lipinski definition) is 1. The fourth-order valence-corrected chi connectivity index (χ4v) is 8.45. The lowest BCUT2D eigenvalue weighted by molar-refractivity contribution is -0.143. The Morgan fingerprint density at radius 1 is 1.08 bits per heavy atom. The van der Waals surface area contributed by atoms with E-state index in [0.717, 1.165) is 18.5 Å². The maximum Gasteiger partial charge on any atom is 0.247 e. The van der Waals surface area contributed by atoms with Gasteiger partial charge in [0.15, 0.2) is 0 Å². The van der Waals surface area contributed by atoms with Crippen molar-refractivity contribution in [2.45, 2.75) is 55.2 Å². The molecule has 192 valence electrons. The Morgan fingerprint density at radius 2 is 1.86 bits per heavy atom. The number of anilines is 1. The van der Waals surface area contributed by atoms with E-state index < -0.39 is 22.6 Å². The Bertz CT molecular complexity index is 1080. The van der Waals surface area contributed by atoms with Crippen LogP contribution in [0, 0.1) is 11.8 Å². The van der Waals surface area contributed by atoms with Crippen molar-refractivity contribution in [1.29, 1.82) is 0 Å². The lowest BCUT2D eigenvalue weighted by Crippen LogP contribution is -2.55. The summed E-state index contributed by atoms with van der Waals surface area (Å²) in [5.41, 5.74) is 0.810. The molecule has 0 aromatic heterocycles. The SMILES string of the molecule is CCCC(C)N1CC=C[C@]23S[C@@H]4C=CCN(c5ccccc5)C(=O)[C@@H]4[C@H]2C(=O)N(CCCO)C3C1=O. The van der Waals surface area contributed by atoms with Crippen LogP contribution in [0.25, 0.3) is 0 Å². The van der Waals surface area contributed by atoms with Crippen LogP contribution in [-0.4, -0.2) is 80.9 Å². The molecule has 3 amide bonds. The second-order valence-electron chi connectivity index (χ2n) is 10.2. The summed E-state index contributed by atoms with van der Waals surface area (Å²) in [7, 11) is 0. The highest BCUT2D eigenvalue weighted by atomic mass is 32.2. The van der Waals surface area contributed by atoms with Crippen molar-refractivity contribution >= 4 is 35.2 Å². The van der Waals surface area contributed by atoms with Crippen LogP contribution in [0.3, 0.4) is 0 Å². The molecule has 4 heterocycles. The van der Waals surface area contributed by atoms with E-state index in [-0.39, 0.29) is 35.6 Å². The number of amides is 3. The average molecular weight is 510 g/mol. The highest BCUT2D eigenvalue weighted by Gasteiger charge is 2.71. The molecule has 0 bridgehead atoms. The number of hydrogen-bond acceptors (Lipinski definition) is 5. The molecule has 1 aromatic rings. The lowest BCUT2D eigenvalue weighted by Gasteiger charge is -2.37. The Morgan fingerprint density at radius 3 is 2.58 bits per heavy atom. The van der Waals surface area contributed by atoms with Crippen molar-refractivity contribution in [1.82, 2.24) is 9.80 Å². The topological polar surface area (TPSA) is 81.2 Å². The number of para-hydroxylation sites is 1. The zero-order chi connectivity index (χ0) is 25.4. The molecular weight excluding hydrogens is 474 g/mol. The average Bonchev–Trinajstić information content (AvgIpc) is 3.18. The van der Waals surface area contributed by atoms with Gasteiger partial charge in [-0.05, 0) is 31.9 Å². The highest BCUT2D eigenvalue weighted by Crippen LogP contribution is 2.61. The first-order valence-electron chi connectivity index (χ1n) is 13.0. The van der Waals surface area contributed by atoms with E-state index >= 15 is 0 Å². The fourth-order valence-electron chi connectivity index (χ4n) is 6.45. The van der Waals surface area contributed by atoms with Crippen molar-refractivity contribution in [3.63, 3.8) is 0 Å². The first kappa shape index (κ1) is 25.1. The Labute approximate surface area is 217 Å². The molecular formula is C28H35N3O4S. The molecule has 8 heteroatoms. The van der Waals surface area contributed by atoms with E-state index in [1.165, 1.54) is 0 Å². The number of carbonyl (C=O) groups is 3. The highest BCUT2D eigenvalue weighted by molar-refractivity contribution is 8.02. The Hall–Kier alpha value is -2.58. The van der Waals surface area contributed by atoms with Gasteiger partial charge in [-0.1, -0.05) is 55.8 Å². The summed E-state index contributed by atoms with van der Waals surface area (Å²) in [4.78, 5) is 47.6. The molecule has 0 saturated carbocycles. The van der Waals surface area contributed by atoms with Gasteiger partial charge in [-0.15, -0.1) is 11.8 Å². The van der Waals surface area contributed by atoms with Gasteiger partial charge in [-0.25, -0.2) is 0 Å². The Balaban J connectivity index is 1.57. The normalized spacial score (nSPS) is 32.3. The molecule has 5 rings (SSSR count). The molecule has 1 aromatic carbocycles. The van der Waals surface area contributed by atoms with Gasteiger partial charge < -0.3 is 19.8 Å². The van der Waals surface area contributed by atoms with Crippen LogP contribution >= 0.6 is 11.8 Å². The number of likely N-dealkylation sites (tertiary alicyclic amines) is 1. The molecule has 6 atom stereocenters. The second kappa shape index (κ2) is 10.1. The van der Waals surface area contributed by atoms with Crippen LogP contribution in [0.5, 0.6) is 0 Å². The van der Waals surface area contributed by atoms with Crippen LogP contribution in [0.4, 0.5) is 5.69 Å². The number of carbonyl (C=O) groups excluding carboxylic acids is 3. The molecule has 4 aliphatic heterocycles. The maximum atomic E-state index is 14.1. The van der Waals surface area contributed by atoms with Gasteiger partial charge in [0.1, 0.15) is 6.04 Å². The van der Waals surface area contributed by atoms with Gasteiger partial charge in [0.25, 0.3) is 0 Å². The summed E-state index contributed by atoms with van der Waals surface area (Å²) in [6.07, 6.45) is 10.4. The van der Waals surface area contributed by atoms with Gasteiger partial charge in [0, 0.05) is 43.2 Å².